The largest absolute Gasteiger partial charge is 0.484 e. The highest BCUT2D eigenvalue weighted by molar-refractivity contribution is 6.39. The molecule has 3 aliphatic heterocycles. The quantitative estimate of drug-likeness (QED) is 0.602. The van der Waals surface area contributed by atoms with Gasteiger partial charge in [-0.3, -0.25) is 19.2 Å². The van der Waals surface area contributed by atoms with Crippen LogP contribution in [0.4, 0.5) is 11.4 Å². The van der Waals surface area contributed by atoms with Crippen LogP contribution in [-0.2, 0) is 32.0 Å². The molecule has 9 nitrogen and oxygen atoms in total. The van der Waals surface area contributed by atoms with Gasteiger partial charge in [-0.05, 0) is 67.0 Å². The molecule has 5 rings (SSSR count). The van der Waals surface area contributed by atoms with Gasteiger partial charge in [-0.1, -0.05) is 18.2 Å². The van der Waals surface area contributed by atoms with Crippen LogP contribution in [0.5, 0.6) is 5.75 Å². The lowest BCUT2D eigenvalue weighted by Crippen LogP contribution is -2.44. The topological polar surface area (TPSA) is 108 Å². The van der Waals surface area contributed by atoms with E-state index in [9.17, 15) is 19.2 Å². The summed E-state index contributed by atoms with van der Waals surface area (Å²) < 4.78 is 5.54. The summed E-state index contributed by atoms with van der Waals surface area (Å²) in [5, 5.41) is 5.45. The average molecular weight is 491 g/mol. The number of hydrogen-bond donors (Lipinski definition) is 2. The summed E-state index contributed by atoms with van der Waals surface area (Å²) in [7, 11) is 0. The molecule has 3 aliphatic rings. The zero-order valence-corrected chi connectivity index (χ0v) is 20.1. The van der Waals surface area contributed by atoms with Crippen molar-refractivity contribution in [1.82, 2.24) is 10.2 Å². The lowest BCUT2D eigenvalue weighted by molar-refractivity contribution is -0.136. The Labute approximate surface area is 209 Å². The third kappa shape index (κ3) is 5.19. The van der Waals surface area contributed by atoms with E-state index in [2.05, 4.69) is 10.6 Å². The van der Waals surface area contributed by atoms with Crippen molar-refractivity contribution in [3.8, 4) is 5.75 Å². The van der Waals surface area contributed by atoms with Crippen LogP contribution in [-0.4, -0.2) is 61.3 Å². The van der Waals surface area contributed by atoms with Crippen molar-refractivity contribution < 1.29 is 23.9 Å². The zero-order valence-electron chi connectivity index (χ0n) is 20.1. The molecule has 2 N–H and O–H groups in total. The minimum atomic E-state index is -0.699. The fourth-order valence-corrected chi connectivity index (χ4v) is 5.17. The van der Waals surface area contributed by atoms with Crippen LogP contribution in [0.1, 0.15) is 30.4 Å². The summed E-state index contributed by atoms with van der Waals surface area (Å²) in [5.74, 6) is -0.410. The lowest BCUT2D eigenvalue weighted by Gasteiger charge is -2.32. The molecule has 4 amide bonds. The molecule has 9 heteroatoms. The standard InChI is InChI=1S/C27H30N4O5/c32-23-7-6-19-14-21(15-20-10-13-31(23)25(19)20)29-27(35)26(34)28-16-18-8-11-30(12-9-18)24(33)17-36-22-4-2-1-3-5-22/h1-5,14-15,18H,6-13,16-17H2,(H,28,34)(H,29,35). The van der Waals surface area contributed by atoms with Gasteiger partial charge >= 0.3 is 11.8 Å². The highest BCUT2D eigenvalue weighted by Crippen LogP contribution is 2.38. The summed E-state index contributed by atoms with van der Waals surface area (Å²) in [6.45, 7) is 2.26. The first-order valence-corrected chi connectivity index (χ1v) is 12.5. The normalized spacial score (nSPS) is 16.9. The minimum Gasteiger partial charge on any atom is -0.484 e. The molecule has 2 aromatic rings. The van der Waals surface area contributed by atoms with Crippen molar-refractivity contribution in [3.05, 3.63) is 53.6 Å². The van der Waals surface area contributed by atoms with Crippen molar-refractivity contribution in [1.29, 1.82) is 0 Å². The number of para-hydroxylation sites is 1. The number of hydrogen-bond acceptors (Lipinski definition) is 5. The fourth-order valence-electron chi connectivity index (χ4n) is 5.17. The summed E-state index contributed by atoms with van der Waals surface area (Å²) in [6, 6.07) is 13.0. The lowest BCUT2D eigenvalue weighted by atomic mass is 9.96. The van der Waals surface area contributed by atoms with Gasteiger partial charge in [0, 0.05) is 38.3 Å². The van der Waals surface area contributed by atoms with Crippen LogP contribution in [0.15, 0.2) is 42.5 Å². The number of piperidine rings is 1. The number of nitrogens with zero attached hydrogens (tertiary/aromatic N) is 2. The van der Waals surface area contributed by atoms with Crippen LogP contribution in [0.2, 0.25) is 0 Å². The Bertz CT molecular complexity index is 1170. The molecule has 3 heterocycles. The van der Waals surface area contributed by atoms with Gasteiger partial charge in [-0.2, -0.15) is 0 Å². The summed E-state index contributed by atoms with van der Waals surface area (Å²) in [6.07, 6.45) is 3.37. The number of likely N-dealkylation sites (tertiary alicyclic amines) is 1. The maximum atomic E-state index is 12.5. The first-order chi connectivity index (χ1) is 17.5. The second kappa shape index (κ2) is 10.4. The van der Waals surface area contributed by atoms with Crippen molar-refractivity contribution in [3.63, 3.8) is 0 Å². The maximum Gasteiger partial charge on any atom is 0.313 e. The Balaban J connectivity index is 1.05. The zero-order chi connectivity index (χ0) is 25.1. The molecular formula is C27H30N4O5. The fraction of sp³-hybridized carbons (Fsp3) is 0.407. The van der Waals surface area contributed by atoms with E-state index >= 15 is 0 Å². The summed E-state index contributed by atoms with van der Waals surface area (Å²) >= 11 is 0. The Morgan fingerprint density at radius 1 is 0.917 bits per heavy atom. The smallest absolute Gasteiger partial charge is 0.313 e. The van der Waals surface area contributed by atoms with Gasteiger partial charge in [0.05, 0.1) is 5.69 Å². The number of carbonyl (C=O) groups excluding carboxylic acids is 4. The van der Waals surface area contributed by atoms with E-state index in [1.165, 1.54) is 0 Å². The Hall–Kier alpha value is -3.88. The molecule has 0 aromatic heterocycles. The molecule has 0 saturated carbocycles. The van der Waals surface area contributed by atoms with Crippen LogP contribution in [0.3, 0.4) is 0 Å². The first kappa shape index (κ1) is 23.8. The van der Waals surface area contributed by atoms with Gasteiger partial charge in [0.2, 0.25) is 5.91 Å². The number of anilines is 2. The molecule has 0 spiro atoms. The van der Waals surface area contributed by atoms with E-state index in [1.807, 2.05) is 47.4 Å². The molecule has 188 valence electrons. The van der Waals surface area contributed by atoms with Gasteiger partial charge in [-0.15, -0.1) is 0 Å². The molecule has 0 atom stereocenters. The van der Waals surface area contributed by atoms with E-state index < -0.39 is 11.8 Å². The molecule has 0 radical (unpaired) electrons. The monoisotopic (exact) mass is 490 g/mol. The van der Waals surface area contributed by atoms with Crippen LogP contribution in [0, 0.1) is 5.92 Å². The van der Waals surface area contributed by atoms with E-state index in [4.69, 9.17) is 4.74 Å². The highest BCUT2D eigenvalue weighted by atomic mass is 16.5. The number of nitrogens with one attached hydrogen (secondary N) is 2. The highest BCUT2D eigenvalue weighted by Gasteiger charge is 2.32. The molecular weight excluding hydrogens is 460 g/mol. The molecule has 1 fully saturated rings. The van der Waals surface area contributed by atoms with E-state index in [1.54, 1.807) is 4.90 Å². The van der Waals surface area contributed by atoms with Crippen molar-refractivity contribution >= 4 is 35.0 Å². The summed E-state index contributed by atoms with van der Waals surface area (Å²) in [4.78, 5) is 53.0. The Morgan fingerprint density at radius 2 is 1.64 bits per heavy atom. The molecule has 0 bridgehead atoms. The van der Waals surface area contributed by atoms with Crippen LogP contribution >= 0.6 is 0 Å². The Morgan fingerprint density at radius 3 is 2.39 bits per heavy atom. The third-order valence-electron chi connectivity index (χ3n) is 7.14. The second-order valence-corrected chi connectivity index (χ2v) is 9.53. The summed E-state index contributed by atoms with van der Waals surface area (Å²) in [5.41, 5.74) is 3.64. The van der Waals surface area contributed by atoms with Crippen LogP contribution < -0.4 is 20.3 Å². The maximum absolute atomic E-state index is 12.5. The van der Waals surface area contributed by atoms with Gasteiger partial charge in [0.25, 0.3) is 5.91 Å². The predicted octanol–water partition coefficient (Wildman–Crippen LogP) is 1.89. The number of rotatable bonds is 6. The molecule has 1 saturated heterocycles. The van der Waals surface area contributed by atoms with Crippen molar-refractivity contribution in [2.45, 2.75) is 32.1 Å². The average Bonchev–Trinajstić information content (AvgIpc) is 3.34. The van der Waals surface area contributed by atoms with Gasteiger partial charge in [0.15, 0.2) is 6.61 Å². The number of benzene rings is 2. The van der Waals surface area contributed by atoms with Gasteiger partial charge in [-0.25, -0.2) is 0 Å². The van der Waals surface area contributed by atoms with Crippen LogP contribution in [0.25, 0.3) is 0 Å². The van der Waals surface area contributed by atoms with Crippen molar-refractivity contribution in [2.75, 3.05) is 43.0 Å². The Kier molecular flexibility index (Phi) is 6.88. The van der Waals surface area contributed by atoms with E-state index in [0.717, 1.165) is 36.1 Å². The first-order valence-electron chi connectivity index (χ1n) is 12.5. The third-order valence-corrected chi connectivity index (χ3v) is 7.14. The van der Waals surface area contributed by atoms with Crippen molar-refractivity contribution in [2.24, 2.45) is 5.92 Å². The number of amides is 4. The number of carbonyl (C=O) groups is 4. The minimum absolute atomic E-state index is 0.00430. The SMILES string of the molecule is O=C(NCC1CCN(C(=O)COc2ccccc2)CC1)C(=O)Nc1cc2c3c(c1)CCN3C(=O)CC2. The number of ether oxygens (including phenoxy) is 1. The molecule has 0 aliphatic carbocycles. The molecule has 2 aromatic carbocycles. The molecule has 36 heavy (non-hydrogen) atoms. The van der Waals surface area contributed by atoms with Gasteiger partial charge < -0.3 is 25.2 Å². The van der Waals surface area contributed by atoms with Gasteiger partial charge in [0.1, 0.15) is 5.75 Å². The van der Waals surface area contributed by atoms with E-state index in [-0.39, 0.29) is 24.3 Å². The molecule has 0 unspecified atom stereocenters. The number of aryl methyl sites for hydroxylation is 1. The predicted molar refractivity (Wildman–Crippen MR) is 134 cm³/mol. The second-order valence-electron chi connectivity index (χ2n) is 9.53. The van der Waals surface area contributed by atoms with E-state index in [0.29, 0.717) is 50.5 Å².